The van der Waals surface area contributed by atoms with Crippen molar-refractivity contribution < 1.29 is 19.1 Å². The number of carbonyl (C=O) groups is 2. The number of ether oxygens (including phenoxy) is 2. The highest BCUT2D eigenvalue weighted by atomic mass is 16.5. The fourth-order valence-electron chi connectivity index (χ4n) is 2.08. The zero-order chi connectivity index (χ0) is 12.0. The molecule has 0 aromatic carbocycles. The summed E-state index contributed by atoms with van der Waals surface area (Å²) < 4.78 is 9.46. The zero-order valence-corrected chi connectivity index (χ0v) is 9.82. The predicted molar refractivity (Wildman–Crippen MR) is 57.9 cm³/mol. The molecule has 0 aliphatic heterocycles. The van der Waals surface area contributed by atoms with Crippen molar-refractivity contribution in [2.24, 2.45) is 5.92 Å². The first-order valence-electron chi connectivity index (χ1n) is 5.70. The lowest BCUT2D eigenvalue weighted by atomic mass is 9.98. The summed E-state index contributed by atoms with van der Waals surface area (Å²) in [7, 11) is 1.28. The highest BCUT2D eigenvalue weighted by Gasteiger charge is 2.33. The molecule has 1 saturated carbocycles. The summed E-state index contributed by atoms with van der Waals surface area (Å²) in [5.74, 6) is -0.182. The van der Waals surface area contributed by atoms with Crippen molar-refractivity contribution in [2.75, 3.05) is 13.7 Å². The molecule has 0 spiro atoms. The van der Waals surface area contributed by atoms with E-state index in [0.29, 0.717) is 6.61 Å². The molecule has 5 nitrogen and oxygen atoms in total. The van der Waals surface area contributed by atoms with Gasteiger partial charge in [0.2, 0.25) is 0 Å². The Morgan fingerprint density at radius 1 is 1.38 bits per heavy atom. The van der Waals surface area contributed by atoms with Crippen molar-refractivity contribution >= 4 is 12.1 Å². The van der Waals surface area contributed by atoms with E-state index in [4.69, 9.17) is 4.74 Å². The average molecular weight is 229 g/mol. The summed E-state index contributed by atoms with van der Waals surface area (Å²) in [6.07, 6.45) is 3.53. The Hall–Kier alpha value is -1.26. The number of hydrogen-bond acceptors (Lipinski definition) is 4. The summed E-state index contributed by atoms with van der Waals surface area (Å²) >= 11 is 0. The average Bonchev–Trinajstić information content (AvgIpc) is 2.78. The summed E-state index contributed by atoms with van der Waals surface area (Å²) in [5.41, 5.74) is 0. The highest BCUT2D eigenvalue weighted by molar-refractivity contribution is 5.81. The number of alkyl carbamates (subject to hydrolysis) is 1. The Balaban J connectivity index is 2.59. The van der Waals surface area contributed by atoms with Crippen molar-refractivity contribution in [3.05, 3.63) is 0 Å². The minimum atomic E-state index is -0.579. The first-order chi connectivity index (χ1) is 7.69. The van der Waals surface area contributed by atoms with E-state index >= 15 is 0 Å². The van der Waals surface area contributed by atoms with Crippen molar-refractivity contribution in [1.82, 2.24) is 5.32 Å². The smallest absolute Gasteiger partial charge is 0.407 e. The maximum Gasteiger partial charge on any atom is 0.407 e. The number of methoxy groups -OCH3 is 1. The van der Waals surface area contributed by atoms with Gasteiger partial charge in [-0.1, -0.05) is 12.8 Å². The van der Waals surface area contributed by atoms with Gasteiger partial charge in [-0.3, -0.25) is 0 Å². The van der Waals surface area contributed by atoms with E-state index in [0.717, 1.165) is 25.7 Å². The van der Waals surface area contributed by atoms with Crippen LogP contribution >= 0.6 is 0 Å². The molecule has 92 valence electrons. The minimum absolute atomic E-state index is 0.179. The summed E-state index contributed by atoms with van der Waals surface area (Å²) in [4.78, 5) is 22.8. The maximum absolute atomic E-state index is 11.7. The molecule has 0 saturated heterocycles. The topological polar surface area (TPSA) is 64.6 Å². The highest BCUT2D eigenvalue weighted by Crippen LogP contribution is 2.28. The molecule has 0 heterocycles. The van der Waals surface area contributed by atoms with Gasteiger partial charge in [0.15, 0.2) is 0 Å². The minimum Gasteiger partial charge on any atom is -0.464 e. The Morgan fingerprint density at radius 2 is 2.00 bits per heavy atom. The quantitative estimate of drug-likeness (QED) is 0.741. The van der Waals surface area contributed by atoms with Crippen LogP contribution in [0.1, 0.15) is 32.6 Å². The lowest BCUT2D eigenvalue weighted by Crippen LogP contribution is -2.46. The third-order valence-electron chi connectivity index (χ3n) is 2.87. The van der Waals surface area contributed by atoms with Gasteiger partial charge in [0.25, 0.3) is 0 Å². The van der Waals surface area contributed by atoms with Gasteiger partial charge in [0.1, 0.15) is 6.04 Å². The fourth-order valence-corrected chi connectivity index (χ4v) is 2.08. The molecule has 1 aliphatic rings. The molecule has 1 rings (SSSR count). The SMILES string of the molecule is CCOC(=O)[C@@H](NC(=O)OC)C1CCCC1. The molecule has 0 unspecified atom stereocenters. The van der Waals surface area contributed by atoms with Crippen LogP contribution in [0.25, 0.3) is 0 Å². The molecule has 0 radical (unpaired) electrons. The van der Waals surface area contributed by atoms with E-state index in [1.807, 2.05) is 0 Å². The van der Waals surface area contributed by atoms with E-state index in [1.165, 1.54) is 7.11 Å². The van der Waals surface area contributed by atoms with Crippen LogP contribution < -0.4 is 5.32 Å². The second-order valence-electron chi connectivity index (χ2n) is 3.91. The zero-order valence-electron chi connectivity index (χ0n) is 9.82. The van der Waals surface area contributed by atoms with Crippen LogP contribution in [0.3, 0.4) is 0 Å². The predicted octanol–water partition coefficient (Wildman–Crippen LogP) is 1.46. The normalized spacial score (nSPS) is 17.9. The molecule has 16 heavy (non-hydrogen) atoms. The second kappa shape index (κ2) is 6.35. The van der Waals surface area contributed by atoms with Gasteiger partial charge < -0.3 is 14.8 Å². The number of nitrogens with one attached hydrogen (secondary N) is 1. The molecular formula is C11H19NO4. The third-order valence-corrected chi connectivity index (χ3v) is 2.87. The fraction of sp³-hybridized carbons (Fsp3) is 0.818. The second-order valence-corrected chi connectivity index (χ2v) is 3.91. The van der Waals surface area contributed by atoms with Gasteiger partial charge in [0, 0.05) is 0 Å². The van der Waals surface area contributed by atoms with Gasteiger partial charge in [0.05, 0.1) is 13.7 Å². The van der Waals surface area contributed by atoms with Crippen LogP contribution in [0, 0.1) is 5.92 Å². The molecule has 1 amide bonds. The van der Waals surface area contributed by atoms with Crippen molar-refractivity contribution in [2.45, 2.75) is 38.6 Å². The summed E-state index contributed by atoms with van der Waals surface area (Å²) in [6.45, 7) is 2.08. The van der Waals surface area contributed by atoms with Crippen molar-refractivity contribution in [1.29, 1.82) is 0 Å². The molecule has 5 heteroatoms. The molecule has 0 aromatic heterocycles. The van der Waals surface area contributed by atoms with Gasteiger partial charge in [-0.15, -0.1) is 0 Å². The summed E-state index contributed by atoms with van der Waals surface area (Å²) in [5, 5.41) is 2.56. The molecule has 0 aromatic rings. The number of rotatable bonds is 4. The van der Waals surface area contributed by atoms with Gasteiger partial charge in [-0.2, -0.15) is 0 Å². The van der Waals surface area contributed by atoms with E-state index < -0.39 is 12.1 Å². The first kappa shape index (κ1) is 12.8. The van der Waals surface area contributed by atoms with Crippen molar-refractivity contribution in [3.8, 4) is 0 Å². The van der Waals surface area contributed by atoms with Crippen LogP contribution in [0.2, 0.25) is 0 Å². The Kier molecular flexibility index (Phi) is 5.08. The molecule has 0 bridgehead atoms. The molecule has 1 fully saturated rings. The third kappa shape index (κ3) is 3.40. The lowest BCUT2D eigenvalue weighted by Gasteiger charge is -2.21. The Bertz CT molecular complexity index is 248. The number of esters is 1. The maximum atomic E-state index is 11.7. The van der Waals surface area contributed by atoms with E-state index in [1.54, 1.807) is 6.92 Å². The van der Waals surface area contributed by atoms with Crippen LogP contribution in [0.4, 0.5) is 4.79 Å². The Morgan fingerprint density at radius 3 is 2.50 bits per heavy atom. The lowest BCUT2D eigenvalue weighted by molar-refractivity contribution is -0.147. The van der Waals surface area contributed by atoms with E-state index in [2.05, 4.69) is 10.1 Å². The van der Waals surface area contributed by atoms with Gasteiger partial charge in [-0.25, -0.2) is 9.59 Å². The molecule has 1 aliphatic carbocycles. The number of amides is 1. The van der Waals surface area contributed by atoms with Crippen molar-refractivity contribution in [3.63, 3.8) is 0 Å². The summed E-state index contributed by atoms with van der Waals surface area (Å²) in [6, 6.07) is -0.560. The molecule has 1 N–H and O–H groups in total. The first-order valence-corrected chi connectivity index (χ1v) is 5.70. The van der Waals surface area contributed by atoms with Gasteiger partial charge >= 0.3 is 12.1 Å². The van der Waals surface area contributed by atoms with Crippen LogP contribution in [-0.4, -0.2) is 31.8 Å². The van der Waals surface area contributed by atoms with E-state index in [-0.39, 0.29) is 11.9 Å². The molecule has 1 atom stereocenters. The monoisotopic (exact) mass is 229 g/mol. The standard InChI is InChI=1S/C11H19NO4/c1-3-16-10(13)9(12-11(14)15-2)8-6-4-5-7-8/h8-9H,3-7H2,1-2H3,(H,12,14)/t9-/m0/s1. The number of hydrogen-bond donors (Lipinski definition) is 1. The van der Waals surface area contributed by atoms with Crippen LogP contribution in [-0.2, 0) is 14.3 Å². The van der Waals surface area contributed by atoms with Gasteiger partial charge in [-0.05, 0) is 25.7 Å². The van der Waals surface area contributed by atoms with E-state index in [9.17, 15) is 9.59 Å². The Labute approximate surface area is 95.5 Å². The number of carbonyl (C=O) groups excluding carboxylic acids is 2. The largest absolute Gasteiger partial charge is 0.464 e. The van der Waals surface area contributed by atoms with Crippen LogP contribution in [0.15, 0.2) is 0 Å². The van der Waals surface area contributed by atoms with Crippen LogP contribution in [0.5, 0.6) is 0 Å². The molecular weight excluding hydrogens is 210 g/mol.